The zero-order valence-corrected chi connectivity index (χ0v) is 12.3. The van der Waals surface area contributed by atoms with Crippen molar-refractivity contribution in [2.24, 2.45) is 0 Å². The van der Waals surface area contributed by atoms with Crippen LogP contribution < -0.4 is 5.32 Å². The predicted octanol–water partition coefficient (Wildman–Crippen LogP) is 2.85. The van der Waals surface area contributed by atoms with E-state index < -0.39 is 0 Å². The molecule has 5 heteroatoms. The summed E-state index contributed by atoms with van der Waals surface area (Å²) in [6, 6.07) is 10.1. The monoisotopic (exact) mass is 290 g/mol. The summed E-state index contributed by atoms with van der Waals surface area (Å²) in [6.07, 6.45) is 0.394. The number of ether oxygens (including phenoxy) is 1. The van der Waals surface area contributed by atoms with Gasteiger partial charge in [-0.15, -0.1) is 11.3 Å². The Bertz CT molecular complexity index is 540. The lowest BCUT2D eigenvalue weighted by atomic mass is 10.2. The lowest BCUT2D eigenvalue weighted by Crippen LogP contribution is -2.18. The summed E-state index contributed by atoms with van der Waals surface area (Å²) < 4.78 is 4.86. The maximum Gasteiger partial charge on any atom is 0.307 e. The number of nitrogens with zero attached hydrogens (tertiary/aromatic N) is 1. The number of nitrogens with one attached hydrogen (secondary N) is 1. The number of thiazole rings is 1. The molecule has 1 aromatic carbocycles. The molecule has 20 heavy (non-hydrogen) atoms. The Morgan fingerprint density at radius 1 is 1.35 bits per heavy atom. The van der Waals surface area contributed by atoms with Crippen molar-refractivity contribution in [1.82, 2.24) is 10.3 Å². The van der Waals surface area contributed by atoms with Crippen LogP contribution in [0.4, 0.5) is 0 Å². The molecule has 106 valence electrons. The summed E-state index contributed by atoms with van der Waals surface area (Å²) in [5.74, 6) is -0.163. The molecule has 2 aromatic rings. The molecule has 0 atom stereocenters. The fraction of sp³-hybridized carbons (Fsp3) is 0.333. The average Bonchev–Trinajstić information content (AvgIpc) is 2.94. The number of hydrogen-bond acceptors (Lipinski definition) is 5. The van der Waals surface area contributed by atoms with Crippen LogP contribution in [0.3, 0.4) is 0 Å². The molecule has 0 aliphatic rings. The molecule has 0 radical (unpaired) electrons. The van der Waals surface area contributed by atoms with Crippen molar-refractivity contribution >= 4 is 17.3 Å². The molecule has 1 heterocycles. The zero-order chi connectivity index (χ0) is 14.2. The number of hydrogen-bond donors (Lipinski definition) is 1. The Hall–Kier alpha value is -1.72. The predicted molar refractivity (Wildman–Crippen MR) is 80.5 cm³/mol. The van der Waals surface area contributed by atoms with Gasteiger partial charge in [-0.25, -0.2) is 4.98 Å². The number of carbonyl (C=O) groups is 1. The molecular weight excluding hydrogens is 272 g/mol. The Balaban J connectivity index is 1.78. The normalized spacial score (nSPS) is 10.4. The maximum absolute atomic E-state index is 11.2. The third-order valence-corrected chi connectivity index (χ3v) is 3.56. The molecule has 1 N–H and O–H groups in total. The third kappa shape index (κ3) is 4.43. The molecule has 0 aliphatic heterocycles. The van der Waals surface area contributed by atoms with Gasteiger partial charge >= 0.3 is 5.97 Å². The van der Waals surface area contributed by atoms with E-state index in [2.05, 4.69) is 15.7 Å². The minimum atomic E-state index is -0.163. The SMILES string of the molecule is CCOC(=O)CCNCc1nc(-c2ccccc2)cs1. The van der Waals surface area contributed by atoms with Crippen LogP contribution in [-0.2, 0) is 16.1 Å². The molecule has 0 bridgehead atoms. The van der Waals surface area contributed by atoms with Gasteiger partial charge in [0, 0.05) is 24.0 Å². The second kappa shape index (κ2) is 7.77. The number of benzene rings is 1. The van der Waals surface area contributed by atoms with Crippen molar-refractivity contribution in [3.8, 4) is 11.3 Å². The van der Waals surface area contributed by atoms with E-state index in [1.165, 1.54) is 0 Å². The second-order valence-corrected chi connectivity index (χ2v) is 5.17. The van der Waals surface area contributed by atoms with Gasteiger partial charge in [-0.05, 0) is 6.92 Å². The molecule has 4 nitrogen and oxygen atoms in total. The molecule has 0 saturated carbocycles. The van der Waals surface area contributed by atoms with E-state index >= 15 is 0 Å². The number of esters is 1. The largest absolute Gasteiger partial charge is 0.466 e. The Morgan fingerprint density at radius 2 is 2.15 bits per heavy atom. The highest BCUT2D eigenvalue weighted by molar-refractivity contribution is 7.09. The van der Waals surface area contributed by atoms with E-state index in [1.54, 1.807) is 11.3 Å². The standard InChI is InChI=1S/C15H18N2O2S/c1-2-19-15(18)8-9-16-10-14-17-13(11-20-14)12-6-4-3-5-7-12/h3-7,11,16H,2,8-10H2,1H3. The quantitative estimate of drug-likeness (QED) is 0.629. The first-order chi connectivity index (χ1) is 9.79. The molecule has 0 saturated heterocycles. The minimum absolute atomic E-state index is 0.163. The van der Waals surface area contributed by atoms with Crippen LogP contribution in [0.15, 0.2) is 35.7 Å². The Kier molecular flexibility index (Phi) is 5.70. The summed E-state index contributed by atoms with van der Waals surface area (Å²) >= 11 is 1.62. The minimum Gasteiger partial charge on any atom is -0.466 e. The molecule has 0 fully saturated rings. The molecular formula is C15H18N2O2S. The van der Waals surface area contributed by atoms with Gasteiger partial charge in [-0.2, -0.15) is 0 Å². The van der Waals surface area contributed by atoms with E-state index in [4.69, 9.17) is 4.74 Å². The Morgan fingerprint density at radius 3 is 2.90 bits per heavy atom. The van der Waals surface area contributed by atoms with Gasteiger partial charge in [-0.3, -0.25) is 4.79 Å². The zero-order valence-electron chi connectivity index (χ0n) is 11.5. The summed E-state index contributed by atoms with van der Waals surface area (Å²) in [5.41, 5.74) is 2.12. The van der Waals surface area contributed by atoms with Crippen molar-refractivity contribution in [2.45, 2.75) is 19.9 Å². The summed E-state index contributed by atoms with van der Waals surface area (Å²) in [5, 5.41) is 6.28. The van der Waals surface area contributed by atoms with Crippen LogP contribution in [0.25, 0.3) is 11.3 Å². The van der Waals surface area contributed by atoms with Gasteiger partial charge in [0.2, 0.25) is 0 Å². The van der Waals surface area contributed by atoms with Gasteiger partial charge in [0.15, 0.2) is 0 Å². The van der Waals surface area contributed by atoms with Crippen LogP contribution in [0.2, 0.25) is 0 Å². The first-order valence-corrected chi connectivity index (χ1v) is 7.53. The lowest BCUT2D eigenvalue weighted by Gasteiger charge is -2.02. The van der Waals surface area contributed by atoms with Gasteiger partial charge in [0.25, 0.3) is 0 Å². The van der Waals surface area contributed by atoms with Crippen molar-refractivity contribution in [1.29, 1.82) is 0 Å². The van der Waals surface area contributed by atoms with Crippen molar-refractivity contribution in [3.05, 3.63) is 40.7 Å². The third-order valence-electron chi connectivity index (χ3n) is 2.71. The van der Waals surface area contributed by atoms with E-state index in [-0.39, 0.29) is 5.97 Å². The first-order valence-electron chi connectivity index (χ1n) is 6.65. The maximum atomic E-state index is 11.2. The Labute approximate surface area is 122 Å². The smallest absolute Gasteiger partial charge is 0.307 e. The van der Waals surface area contributed by atoms with Crippen LogP contribution >= 0.6 is 11.3 Å². The van der Waals surface area contributed by atoms with Gasteiger partial charge < -0.3 is 10.1 Å². The lowest BCUT2D eigenvalue weighted by molar-refractivity contribution is -0.142. The van der Waals surface area contributed by atoms with E-state index in [9.17, 15) is 4.79 Å². The number of rotatable bonds is 7. The van der Waals surface area contributed by atoms with Crippen LogP contribution in [-0.4, -0.2) is 24.1 Å². The molecule has 0 amide bonds. The highest BCUT2D eigenvalue weighted by Crippen LogP contribution is 2.21. The fourth-order valence-electron chi connectivity index (χ4n) is 1.75. The van der Waals surface area contributed by atoms with Gasteiger partial charge in [-0.1, -0.05) is 30.3 Å². The highest BCUT2D eigenvalue weighted by Gasteiger charge is 2.05. The van der Waals surface area contributed by atoms with Crippen LogP contribution in [0, 0.1) is 0 Å². The molecule has 2 rings (SSSR count). The summed E-state index contributed by atoms with van der Waals surface area (Å²) in [7, 11) is 0. The molecule has 0 spiro atoms. The van der Waals surface area contributed by atoms with Gasteiger partial charge in [0.1, 0.15) is 5.01 Å². The first kappa shape index (κ1) is 14.7. The summed E-state index contributed by atoms with van der Waals surface area (Å²) in [4.78, 5) is 15.7. The van der Waals surface area contributed by atoms with E-state index in [0.29, 0.717) is 26.1 Å². The van der Waals surface area contributed by atoms with Gasteiger partial charge in [0.05, 0.1) is 18.7 Å². The topological polar surface area (TPSA) is 51.2 Å². The van der Waals surface area contributed by atoms with Crippen molar-refractivity contribution < 1.29 is 9.53 Å². The average molecular weight is 290 g/mol. The summed E-state index contributed by atoms with van der Waals surface area (Å²) in [6.45, 7) is 3.54. The fourth-order valence-corrected chi connectivity index (χ4v) is 2.53. The van der Waals surface area contributed by atoms with Crippen molar-refractivity contribution in [2.75, 3.05) is 13.2 Å². The van der Waals surface area contributed by atoms with Crippen LogP contribution in [0.1, 0.15) is 18.4 Å². The van der Waals surface area contributed by atoms with E-state index in [1.807, 2.05) is 37.3 Å². The van der Waals surface area contributed by atoms with Crippen molar-refractivity contribution in [3.63, 3.8) is 0 Å². The molecule has 0 unspecified atom stereocenters. The number of aromatic nitrogens is 1. The molecule has 1 aromatic heterocycles. The van der Waals surface area contributed by atoms with E-state index in [0.717, 1.165) is 16.3 Å². The highest BCUT2D eigenvalue weighted by atomic mass is 32.1. The number of carbonyl (C=O) groups excluding carboxylic acids is 1. The van der Waals surface area contributed by atoms with Crippen LogP contribution in [0.5, 0.6) is 0 Å². The second-order valence-electron chi connectivity index (χ2n) is 4.22. The molecule has 0 aliphatic carbocycles.